The molecular weight excluding hydrogens is 302 g/mol. The molecule has 2 heterocycles. The fourth-order valence-corrected chi connectivity index (χ4v) is 3.01. The first-order valence-corrected chi connectivity index (χ1v) is 8.37. The third-order valence-corrected chi connectivity index (χ3v) is 4.11. The second-order valence-electron chi connectivity index (χ2n) is 6.01. The van der Waals surface area contributed by atoms with E-state index >= 15 is 0 Å². The van der Waals surface area contributed by atoms with Gasteiger partial charge in [0.05, 0.1) is 6.10 Å². The zero-order chi connectivity index (χ0) is 16.9. The molecule has 2 aromatic rings. The summed E-state index contributed by atoms with van der Waals surface area (Å²) in [7, 11) is 0. The normalized spacial score (nSPS) is 20.7. The van der Waals surface area contributed by atoms with E-state index in [9.17, 15) is 4.79 Å². The molecule has 1 aromatic carbocycles. The lowest BCUT2D eigenvalue weighted by Gasteiger charge is -2.38. The highest BCUT2D eigenvalue weighted by Crippen LogP contribution is 2.28. The number of amides is 1. The van der Waals surface area contributed by atoms with Crippen molar-refractivity contribution in [2.75, 3.05) is 24.5 Å². The van der Waals surface area contributed by atoms with Crippen LogP contribution in [0.2, 0.25) is 0 Å². The van der Waals surface area contributed by atoms with Crippen molar-refractivity contribution >= 4 is 11.6 Å². The van der Waals surface area contributed by atoms with Gasteiger partial charge in [0.15, 0.2) is 0 Å². The molecular formula is C19H23N3O2. The smallest absolute Gasteiger partial charge is 0.269 e. The monoisotopic (exact) mass is 325 g/mol. The maximum atomic E-state index is 12.0. The maximum absolute atomic E-state index is 12.0. The highest BCUT2D eigenvalue weighted by atomic mass is 16.5. The van der Waals surface area contributed by atoms with Crippen LogP contribution in [-0.4, -0.2) is 36.6 Å². The van der Waals surface area contributed by atoms with Gasteiger partial charge in [-0.1, -0.05) is 30.3 Å². The van der Waals surface area contributed by atoms with Crippen molar-refractivity contribution in [3.63, 3.8) is 0 Å². The topological polar surface area (TPSA) is 54.5 Å². The number of ether oxygens (including phenoxy) is 1. The quantitative estimate of drug-likeness (QED) is 0.939. The Morgan fingerprint density at radius 3 is 2.83 bits per heavy atom. The fraction of sp³-hybridized carbons (Fsp3) is 0.368. The third kappa shape index (κ3) is 3.74. The summed E-state index contributed by atoms with van der Waals surface area (Å²) < 4.78 is 6.10. The first-order chi connectivity index (χ1) is 11.7. The van der Waals surface area contributed by atoms with E-state index in [0.29, 0.717) is 12.2 Å². The predicted molar refractivity (Wildman–Crippen MR) is 94.2 cm³/mol. The number of rotatable bonds is 4. The van der Waals surface area contributed by atoms with E-state index < -0.39 is 0 Å². The van der Waals surface area contributed by atoms with Crippen molar-refractivity contribution in [2.24, 2.45) is 0 Å². The number of hydrogen-bond donors (Lipinski definition) is 1. The molecule has 1 aromatic heterocycles. The zero-order valence-corrected chi connectivity index (χ0v) is 14.1. The Morgan fingerprint density at radius 2 is 2.08 bits per heavy atom. The summed E-state index contributed by atoms with van der Waals surface area (Å²) in [5.74, 6) is -0.139. The van der Waals surface area contributed by atoms with E-state index in [1.807, 2.05) is 37.3 Å². The van der Waals surface area contributed by atoms with Gasteiger partial charge in [-0.3, -0.25) is 9.78 Å². The minimum Gasteiger partial charge on any atom is -0.367 e. The van der Waals surface area contributed by atoms with Crippen molar-refractivity contribution in [2.45, 2.75) is 26.1 Å². The number of hydrogen-bond acceptors (Lipinski definition) is 4. The van der Waals surface area contributed by atoms with Crippen LogP contribution >= 0.6 is 0 Å². The molecule has 0 spiro atoms. The molecule has 1 saturated heterocycles. The van der Waals surface area contributed by atoms with Crippen molar-refractivity contribution in [1.82, 2.24) is 10.3 Å². The molecule has 0 aliphatic carbocycles. The number of benzene rings is 1. The standard InChI is InChI=1S/C19H23N3O2/c1-3-20-19(23)17-11-16(9-10-21-17)22-12-14(2)24-18(13-22)15-7-5-4-6-8-15/h4-11,14,18H,3,12-13H2,1-2H3,(H,20,23)/t14-,18+/m1/s1. The molecule has 1 N–H and O–H groups in total. The van der Waals surface area contributed by atoms with E-state index in [2.05, 4.69) is 34.3 Å². The van der Waals surface area contributed by atoms with E-state index in [1.54, 1.807) is 6.20 Å². The fourth-order valence-electron chi connectivity index (χ4n) is 3.01. The number of carbonyl (C=O) groups is 1. The van der Waals surface area contributed by atoms with Crippen molar-refractivity contribution in [3.8, 4) is 0 Å². The molecule has 1 fully saturated rings. The molecule has 126 valence electrons. The van der Waals surface area contributed by atoms with Crippen LogP contribution < -0.4 is 10.2 Å². The highest BCUT2D eigenvalue weighted by Gasteiger charge is 2.27. The number of nitrogens with zero attached hydrogens (tertiary/aromatic N) is 2. The van der Waals surface area contributed by atoms with Crippen LogP contribution in [-0.2, 0) is 4.74 Å². The molecule has 0 unspecified atom stereocenters. The largest absolute Gasteiger partial charge is 0.367 e. The lowest BCUT2D eigenvalue weighted by Crippen LogP contribution is -2.43. The van der Waals surface area contributed by atoms with Crippen LogP contribution in [0.15, 0.2) is 48.7 Å². The van der Waals surface area contributed by atoms with Gasteiger partial charge in [-0.05, 0) is 31.5 Å². The Kier molecular flexibility index (Phi) is 5.11. The van der Waals surface area contributed by atoms with Crippen LogP contribution in [0.25, 0.3) is 0 Å². The van der Waals surface area contributed by atoms with Crippen molar-refractivity contribution < 1.29 is 9.53 Å². The first kappa shape index (κ1) is 16.5. The molecule has 0 bridgehead atoms. The molecule has 5 nitrogen and oxygen atoms in total. The van der Waals surface area contributed by atoms with Gasteiger partial charge in [0.1, 0.15) is 11.8 Å². The SMILES string of the molecule is CCNC(=O)c1cc(N2C[C@@H](C)O[C@H](c3ccccc3)C2)ccn1. The Balaban J connectivity index is 1.81. The molecule has 5 heteroatoms. The van der Waals surface area contributed by atoms with Crippen LogP contribution in [0.5, 0.6) is 0 Å². The molecule has 1 aliphatic rings. The van der Waals surface area contributed by atoms with Gasteiger partial charge < -0.3 is 15.0 Å². The van der Waals surface area contributed by atoms with Crippen LogP contribution in [0.1, 0.15) is 36.0 Å². The van der Waals surface area contributed by atoms with Gasteiger partial charge in [0.25, 0.3) is 5.91 Å². The van der Waals surface area contributed by atoms with Gasteiger partial charge in [-0.2, -0.15) is 0 Å². The lowest BCUT2D eigenvalue weighted by molar-refractivity contribution is -0.0173. The van der Waals surface area contributed by atoms with Gasteiger partial charge in [-0.15, -0.1) is 0 Å². The van der Waals surface area contributed by atoms with Crippen LogP contribution in [0, 0.1) is 0 Å². The summed E-state index contributed by atoms with van der Waals surface area (Å²) in [5, 5.41) is 2.79. The second kappa shape index (κ2) is 7.45. The molecule has 2 atom stereocenters. The maximum Gasteiger partial charge on any atom is 0.269 e. The minimum atomic E-state index is -0.139. The number of carbonyl (C=O) groups excluding carboxylic acids is 1. The average molecular weight is 325 g/mol. The number of nitrogens with one attached hydrogen (secondary N) is 1. The number of morpholine rings is 1. The summed E-state index contributed by atoms with van der Waals surface area (Å²) in [6.45, 7) is 6.12. The molecule has 1 amide bonds. The molecule has 0 radical (unpaired) electrons. The van der Waals surface area contributed by atoms with Crippen molar-refractivity contribution in [3.05, 3.63) is 59.9 Å². The number of anilines is 1. The summed E-state index contributed by atoms with van der Waals surface area (Å²) in [6.07, 6.45) is 1.83. The van der Waals surface area contributed by atoms with Crippen LogP contribution in [0.3, 0.4) is 0 Å². The van der Waals surface area contributed by atoms with E-state index in [4.69, 9.17) is 4.74 Å². The molecule has 0 saturated carbocycles. The number of aromatic nitrogens is 1. The van der Waals surface area contributed by atoms with E-state index in [0.717, 1.165) is 18.8 Å². The third-order valence-electron chi connectivity index (χ3n) is 4.11. The van der Waals surface area contributed by atoms with Gasteiger partial charge >= 0.3 is 0 Å². The summed E-state index contributed by atoms with van der Waals surface area (Å²) in [6, 6.07) is 14.0. The summed E-state index contributed by atoms with van der Waals surface area (Å²) in [4.78, 5) is 18.5. The Morgan fingerprint density at radius 1 is 1.29 bits per heavy atom. The van der Waals surface area contributed by atoms with Gasteiger partial charge in [0, 0.05) is 31.5 Å². The van der Waals surface area contributed by atoms with Gasteiger partial charge in [-0.25, -0.2) is 0 Å². The Bertz CT molecular complexity index is 690. The zero-order valence-electron chi connectivity index (χ0n) is 14.1. The Labute approximate surface area is 142 Å². The minimum absolute atomic E-state index is 0.0241. The summed E-state index contributed by atoms with van der Waals surface area (Å²) >= 11 is 0. The van der Waals surface area contributed by atoms with Gasteiger partial charge in [0.2, 0.25) is 0 Å². The van der Waals surface area contributed by atoms with E-state index in [-0.39, 0.29) is 18.1 Å². The first-order valence-electron chi connectivity index (χ1n) is 8.37. The van der Waals surface area contributed by atoms with Crippen LogP contribution in [0.4, 0.5) is 5.69 Å². The van der Waals surface area contributed by atoms with E-state index in [1.165, 1.54) is 5.56 Å². The molecule has 1 aliphatic heterocycles. The molecule has 3 rings (SSSR count). The predicted octanol–water partition coefficient (Wildman–Crippen LogP) is 2.80. The Hall–Kier alpha value is -2.40. The molecule has 24 heavy (non-hydrogen) atoms. The number of pyridine rings is 1. The average Bonchev–Trinajstić information content (AvgIpc) is 2.62. The van der Waals surface area contributed by atoms with Crippen molar-refractivity contribution in [1.29, 1.82) is 0 Å². The highest BCUT2D eigenvalue weighted by molar-refractivity contribution is 5.93. The second-order valence-corrected chi connectivity index (χ2v) is 6.01. The summed E-state index contributed by atoms with van der Waals surface area (Å²) in [5.41, 5.74) is 2.62. The lowest BCUT2D eigenvalue weighted by atomic mass is 10.1.